The van der Waals surface area contributed by atoms with Crippen molar-refractivity contribution in [3.8, 4) is 0 Å². The van der Waals surface area contributed by atoms with Gasteiger partial charge >= 0.3 is 11.9 Å². The predicted octanol–water partition coefficient (Wildman–Crippen LogP) is 6.01. The van der Waals surface area contributed by atoms with Crippen molar-refractivity contribution in [3.05, 3.63) is 0 Å². The number of aliphatic carboxylic acids is 1. The Morgan fingerprint density at radius 3 is 1.22 bits per heavy atom. The number of halogens is 1. The van der Waals surface area contributed by atoms with Crippen molar-refractivity contribution in [2.75, 3.05) is 0 Å². The molecule has 0 aliphatic heterocycles. The lowest BCUT2D eigenvalue weighted by molar-refractivity contribution is -0.137. The molecule has 136 valence electrons. The van der Waals surface area contributed by atoms with E-state index in [-0.39, 0.29) is 5.97 Å². The number of hydrogen-bond donors (Lipinski definition) is 1. The quantitative estimate of drug-likeness (QED) is 0.327. The molecule has 0 aliphatic carbocycles. The zero-order valence-corrected chi connectivity index (χ0v) is 15.1. The Hall–Kier alpha value is -0.770. The largest absolute Gasteiger partial charge is 0.481 e. The standard InChI is InChI=1S/C18H33ClO4/c19-23-18(22)16-14-12-10-8-6-4-2-1-3-5-7-9-11-13-15-17(20)21/h1-16H2,(H,20,21). The Morgan fingerprint density at radius 2 is 0.913 bits per heavy atom. The van der Waals surface area contributed by atoms with Crippen LogP contribution in [0.25, 0.3) is 0 Å². The fraction of sp³-hybridized carbons (Fsp3) is 0.889. The van der Waals surface area contributed by atoms with Gasteiger partial charge in [-0.15, -0.1) is 0 Å². The number of carbonyl (C=O) groups excluding carboxylic acids is 1. The zero-order chi connectivity index (χ0) is 17.2. The van der Waals surface area contributed by atoms with Gasteiger partial charge in [0.15, 0.2) is 0 Å². The van der Waals surface area contributed by atoms with E-state index in [4.69, 9.17) is 17.0 Å². The summed E-state index contributed by atoms with van der Waals surface area (Å²) in [6.07, 6.45) is 17.2. The summed E-state index contributed by atoms with van der Waals surface area (Å²) in [6, 6.07) is 0. The molecule has 0 saturated carbocycles. The van der Waals surface area contributed by atoms with Gasteiger partial charge in [-0.1, -0.05) is 77.0 Å². The van der Waals surface area contributed by atoms with Crippen LogP contribution in [-0.2, 0) is 13.9 Å². The van der Waals surface area contributed by atoms with Crippen molar-refractivity contribution in [2.24, 2.45) is 0 Å². The second-order valence-corrected chi connectivity index (χ2v) is 6.45. The predicted molar refractivity (Wildman–Crippen MR) is 93.5 cm³/mol. The van der Waals surface area contributed by atoms with Crippen LogP contribution in [0.1, 0.15) is 103 Å². The van der Waals surface area contributed by atoms with Gasteiger partial charge in [-0.25, -0.2) is 0 Å². The minimum Gasteiger partial charge on any atom is -0.481 e. The molecule has 0 atom stereocenters. The van der Waals surface area contributed by atoms with Crippen LogP contribution in [0.15, 0.2) is 0 Å². The van der Waals surface area contributed by atoms with Crippen molar-refractivity contribution in [1.29, 1.82) is 0 Å². The molecule has 0 amide bonds. The summed E-state index contributed by atoms with van der Waals surface area (Å²) < 4.78 is 4.09. The van der Waals surface area contributed by atoms with E-state index in [0.717, 1.165) is 25.7 Å². The number of carbonyl (C=O) groups is 2. The molecule has 0 aliphatic rings. The summed E-state index contributed by atoms with van der Waals surface area (Å²) in [5.41, 5.74) is 0. The van der Waals surface area contributed by atoms with Gasteiger partial charge in [0.25, 0.3) is 0 Å². The zero-order valence-electron chi connectivity index (χ0n) is 14.4. The normalized spacial score (nSPS) is 10.7. The first kappa shape index (κ1) is 22.2. The molecule has 0 aromatic rings. The van der Waals surface area contributed by atoms with E-state index >= 15 is 0 Å². The van der Waals surface area contributed by atoms with E-state index in [2.05, 4.69) is 4.29 Å². The number of rotatable bonds is 17. The maximum Gasteiger partial charge on any atom is 0.324 e. The highest BCUT2D eigenvalue weighted by Gasteiger charge is 2.00. The molecule has 4 nitrogen and oxygen atoms in total. The molecule has 0 unspecified atom stereocenters. The van der Waals surface area contributed by atoms with Crippen molar-refractivity contribution >= 4 is 23.8 Å². The molecule has 23 heavy (non-hydrogen) atoms. The molecule has 1 N–H and O–H groups in total. The van der Waals surface area contributed by atoms with E-state index in [9.17, 15) is 9.59 Å². The molecular formula is C18H33ClO4. The average molecular weight is 349 g/mol. The lowest BCUT2D eigenvalue weighted by atomic mass is 10.0. The highest BCUT2D eigenvalue weighted by Crippen LogP contribution is 2.13. The Kier molecular flexibility index (Phi) is 17.0. The van der Waals surface area contributed by atoms with Gasteiger partial charge in [-0.3, -0.25) is 9.59 Å². The molecule has 0 saturated heterocycles. The van der Waals surface area contributed by atoms with Crippen LogP contribution < -0.4 is 0 Å². The first-order valence-corrected chi connectivity index (χ1v) is 9.51. The summed E-state index contributed by atoms with van der Waals surface area (Å²) in [5, 5.41) is 8.53. The van der Waals surface area contributed by atoms with Crippen LogP contribution in [-0.4, -0.2) is 17.0 Å². The molecule has 0 heterocycles. The molecular weight excluding hydrogens is 316 g/mol. The lowest BCUT2D eigenvalue weighted by Crippen LogP contribution is -1.95. The van der Waals surface area contributed by atoms with Gasteiger partial charge in [0.1, 0.15) is 11.9 Å². The van der Waals surface area contributed by atoms with Crippen LogP contribution in [0.2, 0.25) is 0 Å². The number of unbranched alkanes of at least 4 members (excludes halogenated alkanes) is 13. The van der Waals surface area contributed by atoms with Crippen LogP contribution in [0.3, 0.4) is 0 Å². The number of carboxylic acids is 1. The van der Waals surface area contributed by atoms with Crippen molar-refractivity contribution in [3.63, 3.8) is 0 Å². The summed E-state index contributed by atoms with van der Waals surface area (Å²) in [4.78, 5) is 21.1. The lowest BCUT2D eigenvalue weighted by Gasteiger charge is -2.03. The van der Waals surface area contributed by atoms with Crippen LogP contribution in [0, 0.1) is 0 Å². The summed E-state index contributed by atoms with van der Waals surface area (Å²) in [5.74, 6) is -1.00. The molecule has 0 spiro atoms. The van der Waals surface area contributed by atoms with Crippen LogP contribution in [0.4, 0.5) is 0 Å². The van der Waals surface area contributed by atoms with Gasteiger partial charge in [0.05, 0.1) is 0 Å². The van der Waals surface area contributed by atoms with E-state index < -0.39 is 5.97 Å². The van der Waals surface area contributed by atoms with Gasteiger partial charge < -0.3 is 9.40 Å². The summed E-state index contributed by atoms with van der Waals surface area (Å²) in [7, 11) is 0. The fourth-order valence-electron chi connectivity index (χ4n) is 2.71. The molecule has 0 aromatic carbocycles. The first-order valence-electron chi connectivity index (χ1n) is 9.20. The second kappa shape index (κ2) is 17.6. The SMILES string of the molecule is O=C(O)CCCCCCCCCCCCCCCCC(=O)OCl. The Balaban J connectivity index is 3.02. The van der Waals surface area contributed by atoms with Crippen molar-refractivity contribution < 1.29 is 19.0 Å². The molecule has 0 rings (SSSR count). The maximum absolute atomic E-state index is 10.8. The number of hydrogen-bond acceptors (Lipinski definition) is 3. The van der Waals surface area contributed by atoms with E-state index in [0.29, 0.717) is 12.8 Å². The highest BCUT2D eigenvalue weighted by molar-refractivity contribution is 6.13. The fourth-order valence-corrected chi connectivity index (χ4v) is 2.78. The Bertz CT molecular complexity index is 295. The summed E-state index contributed by atoms with van der Waals surface area (Å²) in [6.45, 7) is 0. The topological polar surface area (TPSA) is 63.6 Å². The van der Waals surface area contributed by atoms with Gasteiger partial charge in [-0.05, 0) is 12.8 Å². The Morgan fingerprint density at radius 1 is 0.609 bits per heavy atom. The van der Waals surface area contributed by atoms with Crippen LogP contribution in [0.5, 0.6) is 0 Å². The third-order valence-electron chi connectivity index (χ3n) is 4.11. The smallest absolute Gasteiger partial charge is 0.324 e. The molecule has 0 fully saturated rings. The molecule has 5 heteroatoms. The highest BCUT2D eigenvalue weighted by atomic mass is 35.5. The van der Waals surface area contributed by atoms with E-state index in [1.807, 2.05) is 0 Å². The van der Waals surface area contributed by atoms with Gasteiger partial charge in [0, 0.05) is 12.8 Å². The number of carboxylic acid groups (broad SMARTS) is 1. The molecule has 0 radical (unpaired) electrons. The maximum atomic E-state index is 10.8. The monoisotopic (exact) mass is 348 g/mol. The third kappa shape index (κ3) is 19.2. The van der Waals surface area contributed by atoms with Gasteiger partial charge in [0.2, 0.25) is 0 Å². The minimum atomic E-state index is -0.678. The Labute approximate surface area is 146 Å². The van der Waals surface area contributed by atoms with Crippen molar-refractivity contribution in [1.82, 2.24) is 0 Å². The third-order valence-corrected chi connectivity index (χ3v) is 4.28. The minimum absolute atomic E-state index is 0.316. The average Bonchev–Trinajstić information content (AvgIpc) is 2.53. The second-order valence-electron chi connectivity index (χ2n) is 6.29. The molecule has 0 bridgehead atoms. The van der Waals surface area contributed by atoms with E-state index in [1.54, 1.807) is 0 Å². The van der Waals surface area contributed by atoms with E-state index in [1.165, 1.54) is 64.2 Å². The van der Waals surface area contributed by atoms with Crippen molar-refractivity contribution in [2.45, 2.75) is 103 Å². The van der Waals surface area contributed by atoms with Crippen LogP contribution >= 0.6 is 11.9 Å². The molecule has 0 aromatic heterocycles. The van der Waals surface area contributed by atoms with Gasteiger partial charge in [-0.2, -0.15) is 0 Å². The first-order chi connectivity index (χ1) is 11.2. The summed E-state index contributed by atoms with van der Waals surface area (Å²) >= 11 is 4.96.